The van der Waals surface area contributed by atoms with Crippen LogP contribution in [0, 0.1) is 23.2 Å². The molecule has 1 saturated heterocycles. The van der Waals surface area contributed by atoms with Gasteiger partial charge < -0.3 is 20.5 Å². The predicted molar refractivity (Wildman–Crippen MR) is 91.0 cm³/mol. The van der Waals surface area contributed by atoms with Crippen LogP contribution in [0.4, 0.5) is 0 Å². The molecule has 3 N–H and O–H groups in total. The van der Waals surface area contributed by atoms with Gasteiger partial charge in [-0.3, -0.25) is 0 Å². The van der Waals surface area contributed by atoms with Gasteiger partial charge in [-0.05, 0) is 44.6 Å². The second-order valence-electron chi connectivity index (χ2n) is 9.09. The number of nitrogens with zero attached hydrogens (tertiary/aromatic N) is 1. The number of rotatable bonds is 6. The van der Waals surface area contributed by atoms with Gasteiger partial charge in [0.2, 0.25) is 11.8 Å². The average Bonchev–Trinajstić information content (AvgIpc) is 2.87. The summed E-state index contributed by atoms with van der Waals surface area (Å²) in [6.45, 7) is 6.91. The summed E-state index contributed by atoms with van der Waals surface area (Å²) >= 11 is 0. The molecule has 5 aliphatic rings. The Morgan fingerprint density at radius 2 is 1.88 bits per heavy atom. The molecular formula is C19H27N3O2. The summed E-state index contributed by atoms with van der Waals surface area (Å²) in [5.41, 5.74) is 7.34. The summed E-state index contributed by atoms with van der Waals surface area (Å²) in [4.78, 5) is 4.61. The minimum absolute atomic E-state index is 0.306. The van der Waals surface area contributed by atoms with E-state index in [4.69, 9.17) is 15.2 Å². The van der Waals surface area contributed by atoms with E-state index in [-0.39, 0.29) is 0 Å². The van der Waals surface area contributed by atoms with E-state index >= 15 is 0 Å². The number of aromatic nitrogens is 1. The lowest BCUT2D eigenvalue weighted by atomic mass is 9.45. The molecule has 0 aromatic carbocycles. The van der Waals surface area contributed by atoms with Crippen molar-refractivity contribution < 1.29 is 9.47 Å². The van der Waals surface area contributed by atoms with Crippen molar-refractivity contribution >= 4 is 0 Å². The first-order valence-electron chi connectivity index (χ1n) is 9.24. The molecule has 5 fully saturated rings. The largest absolute Gasteiger partial charge is 0.477 e. The Kier molecular flexibility index (Phi) is 3.03. The third-order valence-corrected chi connectivity index (χ3v) is 6.48. The van der Waals surface area contributed by atoms with Crippen LogP contribution in [0.25, 0.3) is 0 Å². The Hall–Kier alpha value is -1.33. The van der Waals surface area contributed by atoms with E-state index in [0.717, 1.165) is 31.2 Å². The van der Waals surface area contributed by atoms with Crippen LogP contribution >= 0.6 is 0 Å². The molecular weight excluding hydrogens is 302 g/mol. The summed E-state index contributed by atoms with van der Waals surface area (Å²) in [5.74, 6) is 3.59. The Morgan fingerprint density at radius 3 is 2.46 bits per heavy atom. The predicted octanol–water partition coefficient (Wildman–Crippen LogP) is 2.05. The Balaban J connectivity index is 1.33. The van der Waals surface area contributed by atoms with Crippen LogP contribution in [0.5, 0.6) is 11.8 Å². The number of nitrogens with one attached hydrogen (secondary N) is 1. The van der Waals surface area contributed by atoms with Gasteiger partial charge in [-0.2, -0.15) is 4.98 Å². The molecule has 6 rings (SSSR count). The van der Waals surface area contributed by atoms with E-state index in [9.17, 15) is 0 Å². The molecule has 1 aromatic heterocycles. The maximum atomic E-state index is 6.31. The van der Waals surface area contributed by atoms with E-state index in [1.807, 2.05) is 26.0 Å². The fraction of sp³-hybridized carbons (Fsp3) is 0.737. The van der Waals surface area contributed by atoms with Gasteiger partial charge in [0.15, 0.2) is 0 Å². The molecule has 1 aromatic rings. The fourth-order valence-electron chi connectivity index (χ4n) is 4.72. The Labute approximate surface area is 143 Å². The second kappa shape index (κ2) is 4.85. The zero-order chi connectivity index (χ0) is 16.5. The molecule has 5 nitrogen and oxygen atoms in total. The SMILES string of the molecule is CC(C)(N)c1cc(OCC23CC(C2)C3)nc(O[C@@H]2[C@@H]3CNC[C@@H]32)c1. The maximum absolute atomic E-state index is 6.31. The Morgan fingerprint density at radius 1 is 1.21 bits per heavy atom. The number of fused-ring (bicyclic) bond motifs is 1. The zero-order valence-electron chi connectivity index (χ0n) is 14.5. The number of hydrogen-bond acceptors (Lipinski definition) is 5. The average molecular weight is 329 g/mol. The summed E-state index contributed by atoms with van der Waals surface area (Å²) in [6, 6.07) is 3.96. The van der Waals surface area contributed by atoms with Gasteiger partial charge in [-0.1, -0.05) is 0 Å². The first-order valence-corrected chi connectivity index (χ1v) is 9.24. The molecule has 0 spiro atoms. The van der Waals surface area contributed by atoms with Crippen molar-refractivity contribution in [3.63, 3.8) is 0 Å². The summed E-state index contributed by atoms with van der Waals surface area (Å²) in [5, 5.41) is 3.39. The molecule has 4 aliphatic carbocycles. The molecule has 2 bridgehead atoms. The highest BCUT2D eigenvalue weighted by molar-refractivity contribution is 5.33. The smallest absolute Gasteiger partial charge is 0.217 e. The number of hydrogen-bond donors (Lipinski definition) is 2. The molecule has 4 saturated carbocycles. The van der Waals surface area contributed by atoms with E-state index in [1.165, 1.54) is 19.3 Å². The molecule has 0 radical (unpaired) electrons. The molecule has 0 unspecified atom stereocenters. The van der Waals surface area contributed by atoms with Crippen molar-refractivity contribution in [2.45, 2.75) is 44.8 Å². The van der Waals surface area contributed by atoms with E-state index in [2.05, 4.69) is 10.3 Å². The molecule has 5 heteroatoms. The van der Waals surface area contributed by atoms with Crippen molar-refractivity contribution in [3.8, 4) is 11.8 Å². The molecule has 1 aliphatic heterocycles. The molecule has 2 heterocycles. The van der Waals surface area contributed by atoms with Crippen molar-refractivity contribution in [2.75, 3.05) is 19.7 Å². The van der Waals surface area contributed by atoms with Crippen LogP contribution in [0.3, 0.4) is 0 Å². The first kappa shape index (κ1) is 15.0. The van der Waals surface area contributed by atoms with E-state index < -0.39 is 5.54 Å². The van der Waals surface area contributed by atoms with Crippen molar-refractivity contribution in [1.29, 1.82) is 0 Å². The topological polar surface area (TPSA) is 69.4 Å². The third kappa shape index (κ3) is 2.40. The lowest BCUT2D eigenvalue weighted by molar-refractivity contribution is -0.132. The first-order chi connectivity index (χ1) is 11.4. The van der Waals surface area contributed by atoms with Gasteiger partial charge >= 0.3 is 0 Å². The summed E-state index contributed by atoms with van der Waals surface area (Å²) in [7, 11) is 0. The van der Waals surface area contributed by atoms with Crippen LogP contribution in [0.2, 0.25) is 0 Å². The lowest BCUT2D eigenvalue weighted by Crippen LogP contribution is -2.55. The van der Waals surface area contributed by atoms with E-state index in [0.29, 0.717) is 35.1 Å². The fourth-order valence-corrected chi connectivity index (χ4v) is 4.72. The number of nitrogens with two attached hydrogens (primary N) is 1. The van der Waals surface area contributed by atoms with Gasteiger partial charge in [0.25, 0.3) is 0 Å². The Bertz CT molecular complexity index is 642. The molecule has 24 heavy (non-hydrogen) atoms. The van der Waals surface area contributed by atoms with Crippen LogP contribution < -0.4 is 20.5 Å². The van der Waals surface area contributed by atoms with Crippen molar-refractivity contribution in [3.05, 3.63) is 17.7 Å². The molecule has 130 valence electrons. The standard InChI is InChI=1S/C19H27N3O2/c1-18(2,20)12-3-15(23-10-19-5-11(6-19)7-19)22-16(4-12)24-17-13-8-21-9-14(13)17/h3-4,11,13-14,17,21H,5-10,20H2,1-2H3/t11?,13-,14+,17-,19?. The number of piperidine rings is 1. The van der Waals surface area contributed by atoms with E-state index in [1.54, 1.807) is 0 Å². The van der Waals surface area contributed by atoms with Crippen LogP contribution in [0.1, 0.15) is 38.7 Å². The van der Waals surface area contributed by atoms with Crippen LogP contribution in [-0.4, -0.2) is 30.8 Å². The quantitative estimate of drug-likeness (QED) is 0.836. The molecule has 0 amide bonds. The van der Waals surface area contributed by atoms with Crippen molar-refractivity contribution in [1.82, 2.24) is 10.3 Å². The highest BCUT2D eigenvalue weighted by Gasteiger charge is 2.57. The third-order valence-electron chi connectivity index (χ3n) is 6.48. The van der Waals surface area contributed by atoms with Gasteiger partial charge in [0.1, 0.15) is 6.10 Å². The maximum Gasteiger partial charge on any atom is 0.217 e. The zero-order valence-corrected chi connectivity index (χ0v) is 14.5. The van der Waals surface area contributed by atoms with Crippen LogP contribution in [-0.2, 0) is 5.54 Å². The highest BCUT2D eigenvalue weighted by Crippen LogP contribution is 2.64. The monoisotopic (exact) mass is 329 g/mol. The minimum Gasteiger partial charge on any atom is -0.477 e. The lowest BCUT2D eigenvalue weighted by Gasteiger charge is -2.61. The van der Waals surface area contributed by atoms with Crippen LogP contribution in [0.15, 0.2) is 12.1 Å². The summed E-state index contributed by atoms with van der Waals surface area (Å²) < 4.78 is 12.2. The second-order valence-corrected chi connectivity index (χ2v) is 9.09. The minimum atomic E-state index is -0.434. The van der Waals surface area contributed by atoms with Gasteiger partial charge in [-0.15, -0.1) is 0 Å². The normalized spacial score (nSPS) is 38.8. The number of ether oxygens (including phenoxy) is 2. The van der Waals surface area contributed by atoms with Crippen molar-refractivity contribution in [2.24, 2.45) is 28.9 Å². The van der Waals surface area contributed by atoms with Gasteiger partial charge in [0, 0.05) is 48.0 Å². The highest BCUT2D eigenvalue weighted by atomic mass is 16.5. The summed E-state index contributed by atoms with van der Waals surface area (Å²) in [6.07, 6.45) is 4.30. The number of pyridine rings is 1. The molecule has 3 atom stereocenters. The van der Waals surface area contributed by atoms with Gasteiger partial charge in [-0.25, -0.2) is 0 Å². The van der Waals surface area contributed by atoms with Gasteiger partial charge in [0.05, 0.1) is 6.61 Å².